The van der Waals surface area contributed by atoms with Crippen LogP contribution in [0.2, 0.25) is 0 Å². The molecule has 1 aromatic rings. The Morgan fingerprint density at radius 1 is 1.40 bits per heavy atom. The SMILES string of the molecule is CCCNC1CCC(c2cnccn2)C1. The summed E-state index contributed by atoms with van der Waals surface area (Å²) in [7, 11) is 0. The van der Waals surface area contributed by atoms with E-state index in [1.165, 1.54) is 31.4 Å². The number of aromatic nitrogens is 2. The molecule has 2 atom stereocenters. The van der Waals surface area contributed by atoms with Gasteiger partial charge in [-0.05, 0) is 32.2 Å². The summed E-state index contributed by atoms with van der Waals surface area (Å²) < 4.78 is 0. The summed E-state index contributed by atoms with van der Waals surface area (Å²) >= 11 is 0. The van der Waals surface area contributed by atoms with E-state index in [4.69, 9.17) is 0 Å². The van der Waals surface area contributed by atoms with Crippen molar-refractivity contribution in [2.75, 3.05) is 6.54 Å². The maximum absolute atomic E-state index is 4.39. The van der Waals surface area contributed by atoms with Gasteiger partial charge in [-0.15, -0.1) is 0 Å². The molecule has 1 aromatic heterocycles. The molecule has 15 heavy (non-hydrogen) atoms. The largest absolute Gasteiger partial charge is 0.314 e. The van der Waals surface area contributed by atoms with Crippen LogP contribution in [0.25, 0.3) is 0 Å². The smallest absolute Gasteiger partial charge is 0.0618 e. The second-order valence-corrected chi connectivity index (χ2v) is 4.29. The van der Waals surface area contributed by atoms with Gasteiger partial charge >= 0.3 is 0 Å². The van der Waals surface area contributed by atoms with Crippen molar-refractivity contribution in [3.63, 3.8) is 0 Å². The molecule has 0 aliphatic heterocycles. The fraction of sp³-hybridized carbons (Fsp3) is 0.667. The highest BCUT2D eigenvalue weighted by Gasteiger charge is 2.26. The summed E-state index contributed by atoms with van der Waals surface area (Å²) in [6.07, 6.45) is 10.4. The van der Waals surface area contributed by atoms with Gasteiger partial charge in [0.1, 0.15) is 0 Å². The van der Waals surface area contributed by atoms with Crippen molar-refractivity contribution in [2.45, 2.75) is 44.6 Å². The molecule has 1 aliphatic carbocycles. The Morgan fingerprint density at radius 2 is 2.33 bits per heavy atom. The quantitative estimate of drug-likeness (QED) is 0.818. The zero-order chi connectivity index (χ0) is 10.5. The molecule has 1 N–H and O–H groups in total. The molecule has 1 saturated carbocycles. The average molecular weight is 205 g/mol. The van der Waals surface area contributed by atoms with Crippen molar-refractivity contribution < 1.29 is 0 Å². The Hall–Kier alpha value is -0.960. The lowest BCUT2D eigenvalue weighted by Gasteiger charge is -2.11. The molecule has 3 nitrogen and oxygen atoms in total. The highest BCUT2D eigenvalue weighted by molar-refractivity contribution is 5.07. The topological polar surface area (TPSA) is 37.8 Å². The van der Waals surface area contributed by atoms with Crippen molar-refractivity contribution >= 4 is 0 Å². The Bertz CT molecular complexity index is 286. The van der Waals surface area contributed by atoms with E-state index in [1.807, 2.05) is 6.20 Å². The number of hydrogen-bond acceptors (Lipinski definition) is 3. The second kappa shape index (κ2) is 5.21. The minimum atomic E-state index is 0.619. The molecule has 1 fully saturated rings. The summed E-state index contributed by atoms with van der Waals surface area (Å²) in [4.78, 5) is 8.52. The molecule has 82 valence electrons. The minimum absolute atomic E-state index is 0.619. The van der Waals surface area contributed by atoms with Crippen LogP contribution >= 0.6 is 0 Å². The summed E-state index contributed by atoms with van der Waals surface area (Å²) in [5, 5.41) is 3.58. The first-order chi connectivity index (χ1) is 7.40. The molecule has 0 radical (unpaired) electrons. The highest BCUT2D eigenvalue weighted by atomic mass is 14.9. The lowest BCUT2D eigenvalue weighted by atomic mass is 10.0. The van der Waals surface area contributed by atoms with Gasteiger partial charge in [0, 0.05) is 30.6 Å². The molecule has 3 heteroatoms. The van der Waals surface area contributed by atoms with Crippen molar-refractivity contribution in [1.82, 2.24) is 15.3 Å². The third-order valence-electron chi connectivity index (χ3n) is 3.12. The number of hydrogen-bond donors (Lipinski definition) is 1. The van der Waals surface area contributed by atoms with Crippen LogP contribution in [0.3, 0.4) is 0 Å². The predicted molar refractivity (Wildman–Crippen MR) is 60.7 cm³/mol. The van der Waals surface area contributed by atoms with E-state index < -0.39 is 0 Å². The predicted octanol–water partition coefficient (Wildman–Crippen LogP) is 2.11. The van der Waals surface area contributed by atoms with Crippen molar-refractivity contribution in [2.24, 2.45) is 0 Å². The molecule has 0 saturated heterocycles. The number of rotatable bonds is 4. The van der Waals surface area contributed by atoms with E-state index in [0.717, 1.165) is 6.54 Å². The van der Waals surface area contributed by atoms with E-state index in [1.54, 1.807) is 12.4 Å². The molecule has 0 aromatic carbocycles. The first kappa shape index (κ1) is 10.6. The Labute approximate surface area is 91.3 Å². The van der Waals surface area contributed by atoms with E-state index >= 15 is 0 Å². The first-order valence-corrected chi connectivity index (χ1v) is 5.89. The Kier molecular flexibility index (Phi) is 3.67. The maximum atomic E-state index is 4.39. The van der Waals surface area contributed by atoms with E-state index in [2.05, 4.69) is 22.2 Å². The number of nitrogens with one attached hydrogen (secondary N) is 1. The van der Waals surface area contributed by atoms with Gasteiger partial charge in [-0.25, -0.2) is 0 Å². The standard InChI is InChI=1S/C12H19N3/c1-2-5-14-11-4-3-10(8-11)12-9-13-6-7-15-12/h6-7,9-11,14H,2-5,8H2,1H3. The third-order valence-corrected chi connectivity index (χ3v) is 3.12. The molecule has 0 spiro atoms. The zero-order valence-electron chi connectivity index (χ0n) is 9.32. The Balaban J connectivity index is 1.87. The zero-order valence-corrected chi connectivity index (χ0v) is 9.32. The van der Waals surface area contributed by atoms with Gasteiger partial charge in [0.25, 0.3) is 0 Å². The van der Waals surface area contributed by atoms with E-state index in [9.17, 15) is 0 Å². The van der Waals surface area contributed by atoms with Crippen LogP contribution in [0.15, 0.2) is 18.6 Å². The lowest BCUT2D eigenvalue weighted by Crippen LogP contribution is -2.26. The van der Waals surface area contributed by atoms with Gasteiger partial charge in [0.05, 0.1) is 5.69 Å². The van der Waals surface area contributed by atoms with Crippen molar-refractivity contribution in [3.8, 4) is 0 Å². The fourth-order valence-corrected chi connectivity index (χ4v) is 2.31. The van der Waals surface area contributed by atoms with E-state index in [0.29, 0.717) is 12.0 Å². The fourth-order valence-electron chi connectivity index (χ4n) is 2.31. The molecule has 2 unspecified atom stereocenters. The molecular formula is C12H19N3. The normalized spacial score (nSPS) is 25.7. The first-order valence-electron chi connectivity index (χ1n) is 5.89. The van der Waals surface area contributed by atoms with Gasteiger partial charge in [-0.3, -0.25) is 9.97 Å². The minimum Gasteiger partial charge on any atom is -0.314 e. The third kappa shape index (κ3) is 2.75. The van der Waals surface area contributed by atoms with Crippen LogP contribution in [0.1, 0.15) is 44.2 Å². The highest BCUT2D eigenvalue weighted by Crippen LogP contribution is 2.32. The van der Waals surface area contributed by atoms with E-state index in [-0.39, 0.29) is 0 Å². The maximum Gasteiger partial charge on any atom is 0.0618 e. The lowest BCUT2D eigenvalue weighted by molar-refractivity contribution is 0.515. The van der Waals surface area contributed by atoms with Gasteiger partial charge < -0.3 is 5.32 Å². The molecule has 1 aliphatic rings. The van der Waals surface area contributed by atoms with Gasteiger partial charge in [0.2, 0.25) is 0 Å². The van der Waals surface area contributed by atoms with Crippen molar-refractivity contribution in [1.29, 1.82) is 0 Å². The summed E-state index contributed by atoms with van der Waals surface area (Å²) in [6, 6.07) is 0.692. The molecule has 0 bridgehead atoms. The molecule has 0 amide bonds. The summed E-state index contributed by atoms with van der Waals surface area (Å²) in [5.41, 5.74) is 1.17. The van der Waals surface area contributed by atoms with Crippen molar-refractivity contribution in [3.05, 3.63) is 24.3 Å². The van der Waals surface area contributed by atoms with Gasteiger partial charge in [-0.1, -0.05) is 6.92 Å². The van der Waals surface area contributed by atoms with Crippen LogP contribution in [0, 0.1) is 0 Å². The molecule has 1 heterocycles. The van der Waals surface area contributed by atoms with Crippen LogP contribution < -0.4 is 5.32 Å². The molecule has 2 rings (SSSR count). The average Bonchev–Trinajstić information content (AvgIpc) is 2.76. The van der Waals surface area contributed by atoms with Crippen LogP contribution in [-0.2, 0) is 0 Å². The monoisotopic (exact) mass is 205 g/mol. The Morgan fingerprint density at radius 3 is 3.07 bits per heavy atom. The van der Waals surface area contributed by atoms with Gasteiger partial charge in [-0.2, -0.15) is 0 Å². The van der Waals surface area contributed by atoms with Crippen LogP contribution in [0.5, 0.6) is 0 Å². The summed E-state index contributed by atoms with van der Waals surface area (Å²) in [6.45, 7) is 3.35. The van der Waals surface area contributed by atoms with Gasteiger partial charge in [0.15, 0.2) is 0 Å². The molecular weight excluding hydrogens is 186 g/mol. The van der Waals surface area contributed by atoms with Crippen LogP contribution in [-0.4, -0.2) is 22.6 Å². The second-order valence-electron chi connectivity index (χ2n) is 4.29. The number of nitrogens with zero attached hydrogens (tertiary/aromatic N) is 2. The summed E-state index contributed by atoms with van der Waals surface area (Å²) in [5.74, 6) is 0.619. The van der Waals surface area contributed by atoms with Crippen LogP contribution in [0.4, 0.5) is 0 Å².